The molecular formula is C24H31N5O4S. The van der Waals surface area contributed by atoms with Crippen molar-refractivity contribution in [3.8, 4) is 0 Å². The molecule has 0 bridgehead atoms. The van der Waals surface area contributed by atoms with E-state index in [1.54, 1.807) is 31.2 Å². The summed E-state index contributed by atoms with van der Waals surface area (Å²) in [6, 6.07) is 10.4. The zero-order chi connectivity index (χ0) is 24.3. The summed E-state index contributed by atoms with van der Waals surface area (Å²) in [6.45, 7) is 6.33. The molecule has 0 radical (unpaired) electrons. The van der Waals surface area contributed by atoms with E-state index in [2.05, 4.69) is 25.7 Å². The van der Waals surface area contributed by atoms with Gasteiger partial charge in [0, 0.05) is 31.2 Å². The molecule has 0 atom stereocenters. The number of piperidine rings is 1. The van der Waals surface area contributed by atoms with Gasteiger partial charge in [-0.3, -0.25) is 9.59 Å². The van der Waals surface area contributed by atoms with E-state index < -0.39 is 5.97 Å². The number of anilines is 2. The zero-order valence-electron chi connectivity index (χ0n) is 19.6. The summed E-state index contributed by atoms with van der Waals surface area (Å²) in [6.07, 6.45) is 2.53. The maximum Gasteiger partial charge on any atom is 0.338 e. The van der Waals surface area contributed by atoms with E-state index in [1.807, 2.05) is 19.1 Å². The summed E-state index contributed by atoms with van der Waals surface area (Å²) >= 11 is 1.28. The van der Waals surface area contributed by atoms with Crippen LogP contribution >= 0.6 is 11.8 Å². The second kappa shape index (κ2) is 12.9. The number of carbonyl (C=O) groups excluding carboxylic acids is 3. The van der Waals surface area contributed by atoms with Gasteiger partial charge in [0.25, 0.3) is 0 Å². The number of hydrogen-bond acceptors (Lipinski definition) is 8. The average molecular weight is 486 g/mol. The summed E-state index contributed by atoms with van der Waals surface area (Å²) in [5.74, 6) is 0.507. The lowest BCUT2D eigenvalue weighted by Gasteiger charge is -2.31. The van der Waals surface area contributed by atoms with Crippen LogP contribution in [0.1, 0.15) is 43.5 Å². The van der Waals surface area contributed by atoms with Gasteiger partial charge in [-0.1, -0.05) is 24.8 Å². The number of ether oxygens (including phenoxy) is 1. The predicted molar refractivity (Wildman–Crippen MR) is 132 cm³/mol. The summed E-state index contributed by atoms with van der Waals surface area (Å²) < 4.78 is 4.98. The minimum atomic E-state index is -0.424. The van der Waals surface area contributed by atoms with E-state index in [4.69, 9.17) is 4.74 Å². The molecule has 0 saturated carbocycles. The van der Waals surface area contributed by atoms with Gasteiger partial charge in [0.2, 0.25) is 11.8 Å². The Bertz CT molecular complexity index is 978. The minimum Gasteiger partial charge on any atom is -0.462 e. The molecule has 1 aliphatic heterocycles. The SMILES string of the molecule is CCCNC(=O)C1CCN(c2ccc(SCC(=O)Nc3cccc(C(=O)OCC)c3)nn2)CC1. The maximum atomic E-state index is 12.3. The molecule has 1 aromatic carbocycles. The second-order valence-electron chi connectivity index (χ2n) is 7.92. The summed E-state index contributed by atoms with van der Waals surface area (Å²) in [4.78, 5) is 38.4. The lowest BCUT2D eigenvalue weighted by molar-refractivity contribution is -0.125. The van der Waals surface area contributed by atoms with Crippen LogP contribution in [-0.4, -0.2) is 60.0 Å². The fourth-order valence-electron chi connectivity index (χ4n) is 3.60. The highest BCUT2D eigenvalue weighted by atomic mass is 32.2. The Morgan fingerprint density at radius 2 is 1.91 bits per heavy atom. The van der Waals surface area contributed by atoms with Gasteiger partial charge >= 0.3 is 5.97 Å². The van der Waals surface area contributed by atoms with Crippen LogP contribution in [0.2, 0.25) is 0 Å². The first-order chi connectivity index (χ1) is 16.5. The van der Waals surface area contributed by atoms with Crippen LogP contribution in [0.3, 0.4) is 0 Å². The van der Waals surface area contributed by atoms with Crippen LogP contribution < -0.4 is 15.5 Å². The number of nitrogens with one attached hydrogen (secondary N) is 2. The summed E-state index contributed by atoms with van der Waals surface area (Å²) in [5.41, 5.74) is 0.920. The molecule has 9 nitrogen and oxygen atoms in total. The van der Waals surface area contributed by atoms with Gasteiger partial charge in [0.05, 0.1) is 17.9 Å². The molecule has 1 saturated heterocycles. The van der Waals surface area contributed by atoms with Crippen LogP contribution in [0.15, 0.2) is 41.4 Å². The number of nitrogens with zero attached hydrogens (tertiary/aromatic N) is 3. The Morgan fingerprint density at radius 3 is 2.59 bits per heavy atom. The van der Waals surface area contributed by atoms with E-state index in [1.165, 1.54) is 11.8 Å². The highest BCUT2D eigenvalue weighted by molar-refractivity contribution is 7.99. The van der Waals surface area contributed by atoms with Crippen molar-refractivity contribution in [2.24, 2.45) is 5.92 Å². The fourth-order valence-corrected chi connectivity index (χ4v) is 4.21. The molecule has 182 valence electrons. The molecule has 0 spiro atoms. The van der Waals surface area contributed by atoms with Crippen LogP contribution in [0.4, 0.5) is 11.5 Å². The van der Waals surface area contributed by atoms with Crippen molar-refractivity contribution >= 4 is 41.1 Å². The molecule has 34 heavy (non-hydrogen) atoms. The van der Waals surface area contributed by atoms with Crippen LogP contribution in [0.5, 0.6) is 0 Å². The highest BCUT2D eigenvalue weighted by Crippen LogP contribution is 2.23. The van der Waals surface area contributed by atoms with E-state index in [-0.39, 0.29) is 23.5 Å². The first kappa shape index (κ1) is 25.5. The topological polar surface area (TPSA) is 114 Å². The molecule has 1 aliphatic rings. The molecule has 10 heteroatoms. The van der Waals surface area contributed by atoms with E-state index in [9.17, 15) is 14.4 Å². The van der Waals surface area contributed by atoms with Gasteiger partial charge in [0.1, 0.15) is 5.03 Å². The van der Waals surface area contributed by atoms with Crippen molar-refractivity contribution in [2.75, 3.05) is 42.2 Å². The van der Waals surface area contributed by atoms with E-state index in [0.29, 0.717) is 22.9 Å². The molecule has 1 fully saturated rings. The predicted octanol–water partition coefficient (Wildman–Crippen LogP) is 3.13. The van der Waals surface area contributed by atoms with Gasteiger partial charge in [0.15, 0.2) is 5.82 Å². The largest absolute Gasteiger partial charge is 0.462 e. The second-order valence-corrected chi connectivity index (χ2v) is 8.92. The third-order valence-corrected chi connectivity index (χ3v) is 6.29. The zero-order valence-corrected chi connectivity index (χ0v) is 20.4. The van der Waals surface area contributed by atoms with E-state index in [0.717, 1.165) is 44.7 Å². The smallest absolute Gasteiger partial charge is 0.338 e. The van der Waals surface area contributed by atoms with Crippen LogP contribution in [0, 0.1) is 5.92 Å². The van der Waals surface area contributed by atoms with Crippen molar-refractivity contribution in [3.63, 3.8) is 0 Å². The summed E-state index contributed by atoms with van der Waals surface area (Å²) in [5, 5.41) is 14.9. The number of benzene rings is 1. The normalized spacial score (nSPS) is 13.9. The van der Waals surface area contributed by atoms with Crippen molar-refractivity contribution in [3.05, 3.63) is 42.0 Å². The van der Waals surface area contributed by atoms with E-state index >= 15 is 0 Å². The minimum absolute atomic E-state index is 0.0575. The molecule has 3 rings (SSSR count). The van der Waals surface area contributed by atoms with Crippen LogP contribution in [0.25, 0.3) is 0 Å². The Hall–Kier alpha value is -3.14. The molecule has 2 N–H and O–H groups in total. The van der Waals surface area contributed by atoms with Gasteiger partial charge in [-0.2, -0.15) is 0 Å². The lowest BCUT2D eigenvalue weighted by Crippen LogP contribution is -2.41. The highest BCUT2D eigenvalue weighted by Gasteiger charge is 2.25. The Balaban J connectivity index is 1.45. The number of esters is 1. The lowest BCUT2D eigenvalue weighted by atomic mass is 9.96. The summed E-state index contributed by atoms with van der Waals surface area (Å²) in [7, 11) is 0. The van der Waals surface area contributed by atoms with Crippen molar-refractivity contribution in [1.82, 2.24) is 15.5 Å². The first-order valence-corrected chi connectivity index (χ1v) is 12.5. The van der Waals surface area contributed by atoms with Crippen molar-refractivity contribution in [1.29, 1.82) is 0 Å². The number of rotatable bonds is 10. The molecule has 1 aromatic heterocycles. The van der Waals surface area contributed by atoms with Gasteiger partial charge in [-0.25, -0.2) is 4.79 Å². The monoisotopic (exact) mass is 485 g/mol. The quantitative estimate of drug-likeness (QED) is 0.390. The molecule has 2 heterocycles. The Labute approximate surface area is 204 Å². The Kier molecular flexibility index (Phi) is 9.69. The Morgan fingerprint density at radius 1 is 1.12 bits per heavy atom. The molecule has 0 unspecified atom stereocenters. The molecule has 2 aromatic rings. The fraction of sp³-hybridized carbons (Fsp3) is 0.458. The average Bonchev–Trinajstić information content (AvgIpc) is 2.87. The molecule has 2 amide bonds. The number of carbonyl (C=O) groups is 3. The first-order valence-electron chi connectivity index (χ1n) is 11.6. The van der Waals surface area contributed by atoms with Crippen LogP contribution in [-0.2, 0) is 14.3 Å². The molecular weight excluding hydrogens is 454 g/mol. The van der Waals surface area contributed by atoms with Gasteiger partial charge in [-0.05, 0) is 56.5 Å². The number of amides is 2. The van der Waals surface area contributed by atoms with Crippen molar-refractivity contribution < 1.29 is 19.1 Å². The number of aromatic nitrogens is 2. The number of thioether (sulfide) groups is 1. The third-order valence-electron chi connectivity index (χ3n) is 5.37. The van der Waals surface area contributed by atoms with Crippen molar-refractivity contribution in [2.45, 2.75) is 38.1 Å². The van der Waals surface area contributed by atoms with Gasteiger partial charge in [-0.15, -0.1) is 10.2 Å². The number of hydrogen-bond donors (Lipinski definition) is 2. The molecule has 0 aliphatic carbocycles. The maximum absolute atomic E-state index is 12.3. The third kappa shape index (κ3) is 7.44. The standard InChI is InChI=1S/C24H31N5O4S/c1-3-12-25-23(31)17-10-13-29(14-11-17)20-8-9-22(28-27-20)34-16-21(30)26-19-7-5-6-18(15-19)24(32)33-4-2/h5-9,15,17H,3-4,10-14,16H2,1-2H3,(H,25,31)(H,26,30). The van der Waals surface area contributed by atoms with Gasteiger partial charge < -0.3 is 20.3 Å².